The summed E-state index contributed by atoms with van der Waals surface area (Å²) in [5.74, 6) is 0.228. The number of aromatic nitrogens is 1. The average molecular weight is 223 g/mol. The van der Waals surface area contributed by atoms with E-state index in [4.69, 9.17) is 5.11 Å². The van der Waals surface area contributed by atoms with Gasteiger partial charge in [0.05, 0.1) is 6.42 Å². The van der Waals surface area contributed by atoms with Crippen molar-refractivity contribution in [3.05, 3.63) is 24.5 Å². The van der Waals surface area contributed by atoms with Crippen LogP contribution in [0.5, 0.6) is 0 Å². The largest absolute Gasteiger partial charge is 0.481 e. The minimum Gasteiger partial charge on any atom is -0.481 e. The van der Waals surface area contributed by atoms with Crippen LogP contribution in [-0.2, 0) is 4.79 Å². The molecule has 0 amide bonds. The molecule has 3 nitrogen and oxygen atoms in total. The molecule has 0 bridgehead atoms. The minimum absolute atomic E-state index is 0.0692. The van der Waals surface area contributed by atoms with Crippen molar-refractivity contribution in [1.82, 2.24) is 4.98 Å². The van der Waals surface area contributed by atoms with Crippen molar-refractivity contribution in [2.75, 3.05) is 5.75 Å². The van der Waals surface area contributed by atoms with E-state index in [9.17, 15) is 4.79 Å². The minimum atomic E-state index is -0.678. The normalized spacial score (nSPS) is 17.3. The molecule has 4 heteroatoms. The Hall–Kier alpha value is -1.03. The Morgan fingerprint density at radius 3 is 2.67 bits per heavy atom. The third-order valence-corrected chi connectivity index (χ3v) is 4.04. The van der Waals surface area contributed by atoms with Crippen LogP contribution in [0.1, 0.15) is 19.3 Å². The molecule has 15 heavy (non-hydrogen) atoms. The number of pyridine rings is 1. The fourth-order valence-corrected chi connectivity index (χ4v) is 2.72. The highest BCUT2D eigenvalue weighted by molar-refractivity contribution is 7.99. The van der Waals surface area contributed by atoms with E-state index in [-0.39, 0.29) is 5.41 Å². The fourth-order valence-electron chi connectivity index (χ4n) is 1.54. The van der Waals surface area contributed by atoms with Gasteiger partial charge in [0.1, 0.15) is 0 Å². The van der Waals surface area contributed by atoms with Gasteiger partial charge in [-0.3, -0.25) is 9.78 Å². The molecule has 1 aliphatic carbocycles. The Labute approximate surface area is 92.9 Å². The summed E-state index contributed by atoms with van der Waals surface area (Å²) >= 11 is 1.73. The number of rotatable bonds is 5. The Balaban J connectivity index is 1.86. The summed E-state index contributed by atoms with van der Waals surface area (Å²) in [7, 11) is 0. The molecule has 1 aromatic heterocycles. The first-order chi connectivity index (χ1) is 7.20. The van der Waals surface area contributed by atoms with Gasteiger partial charge in [-0.15, -0.1) is 11.8 Å². The number of hydrogen-bond donors (Lipinski definition) is 1. The van der Waals surface area contributed by atoms with Crippen LogP contribution in [-0.4, -0.2) is 21.8 Å². The zero-order chi connectivity index (χ0) is 10.7. The molecule has 0 atom stereocenters. The van der Waals surface area contributed by atoms with Crippen molar-refractivity contribution < 1.29 is 9.90 Å². The lowest BCUT2D eigenvalue weighted by Crippen LogP contribution is -2.10. The molecule has 1 aromatic rings. The number of carbonyl (C=O) groups is 1. The van der Waals surface area contributed by atoms with Crippen LogP contribution in [0.25, 0.3) is 0 Å². The van der Waals surface area contributed by atoms with E-state index in [0.717, 1.165) is 18.6 Å². The SMILES string of the molecule is O=C(O)CC1(CSc2ccncc2)CC1. The van der Waals surface area contributed by atoms with Crippen LogP contribution in [0.2, 0.25) is 0 Å². The number of carboxylic acids is 1. The number of thioether (sulfide) groups is 1. The van der Waals surface area contributed by atoms with Gasteiger partial charge in [-0.2, -0.15) is 0 Å². The van der Waals surface area contributed by atoms with Crippen LogP contribution in [0, 0.1) is 5.41 Å². The molecular weight excluding hydrogens is 210 g/mol. The van der Waals surface area contributed by atoms with Crippen molar-refractivity contribution in [2.24, 2.45) is 5.41 Å². The molecule has 2 rings (SSSR count). The predicted molar refractivity (Wildman–Crippen MR) is 58.9 cm³/mol. The first-order valence-corrected chi connectivity index (χ1v) is 5.93. The van der Waals surface area contributed by atoms with Gasteiger partial charge in [0, 0.05) is 23.0 Å². The van der Waals surface area contributed by atoms with E-state index < -0.39 is 5.97 Å². The van der Waals surface area contributed by atoms with Gasteiger partial charge in [-0.1, -0.05) is 0 Å². The highest BCUT2D eigenvalue weighted by Gasteiger charge is 2.44. The van der Waals surface area contributed by atoms with Crippen molar-refractivity contribution in [2.45, 2.75) is 24.2 Å². The lowest BCUT2D eigenvalue weighted by Gasteiger charge is -2.11. The van der Waals surface area contributed by atoms with Gasteiger partial charge in [0.25, 0.3) is 0 Å². The van der Waals surface area contributed by atoms with Crippen molar-refractivity contribution in [3.63, 3.8) is 0 Å². The molecule has 1 aliphatic rings. The molecule has 0 radical (unpaired) electrons. The second-order valence-corrected chi connectivity index (χ2v) is 5.09. The van der Waals surface area contributed by atoms with Gasteiger partial charge in [-0.25, -0.2) is 0 Å². The lowest BCUT2D eigenvalue weighted by atomic mass is 10.1. The molecule has 1 N–H and O–H groups in total. The first kappa shape index (κ1) is 10.5. The van der Waals surface area contributed by atoms with E-state index in [1.54, 1.807) is 24.2 Å². The van der Waals surface area contributed by atoms with Crippen LogP contribution in [0.15, 0.2) is 29.4 Å². The summed E-state index contributed by atoms with van der Waals surface area (Å²) in [5.41, 5.74) is 0.0692. The summed E-state index contributed by atoms with van der Waals surface area (Å²) in [4.78, 5) is 15.8. The first-order valence-electron chi connectivity index (χ1n) is 4.95. The summed E-state index contributed by atoms with van der Waals surface area (Å²) in [6.45, 7) is 0. The van der Waals surface area contributed by atoms with Crippen molar-refractivity contribution >= 4 is 17.7 Å². The second kappa shape index (κ2) is 4.23. The Morgan fingerprint density at radius 2 is 2.13 bits per heavy atom. The van der Waals surface area contributed by atoms with Crippen LogP contribution >= 0.6 is 11.8 Å². The Bertz CT molecular complexity index is 349. The molecule has 1 saturated carbocycles. The van der Waals surface area contributed by atoms with E-state index in [2.05, 4.69) is 4.98 Å². The van der Waals surface area contributed by atoms with Gasteiger partial charge >= 0.3 is 5.97 Å². The molecule has 1 fully saturated rings. The zero-order valence-corrected chi connectivity index (χ0v) is 9.17. The molecule has 1 heterocycles. The molecule has 0 unspecified atom stereocenters. The van der Waals surface area contributed by atoms with Crippen LogP contribution in [0.4, 0.5) is 0 Å². The van der Waals surface area contributed by atoms with E-state index in [0.29, 0.717) is 6.42 Å². The smallest absolute Gasteiger partial charge is 0.303 e. The van der Waals surface area contributed by atoms with Gasteiger partial charge in [0.2, 0.25) is 0 Å². The summed E-state index contributed by atoms with van der Waals surface area (Å²) in [6.07, 6.45) is 5.94. The average Bonchev–Trinajstić information content (AvgIpc) is 2.96. The predicted octanol–water partition coefficient (Wildman–Crippen LogP) is 2.43. The molecule has 80 valence electrons. The maximum atomic E-state index is 10.6. The maximum absolute atomic E-state index is 10.6. The summed E-state index contributed by atoms with van der Waals surface area (Å²) in [6, 6.07) is 3.92. The van der Waals surface area contributed by atoms with Crippen molar-refractivity contribution in [3.8, 4) is 0 Å². The van der Waals surface area contributed by atoms with Gasteiger partial charge < -0.3 is 5.11 Å². The topological polar surface area (TPSA) is 50.2 Å². The third-order valence-electron chi connectivity index (χ3n) is 2.68. The Morgan fingerprint density at radius 1 is 1.47 bits per heavy atom. The van der Waals surface area contributed by atoms with E-state index >= 15 is 0 Å². The number of carboxylic acid groups (broad SMARTS) is 1. The maximum Gasteiger partial charge on any atom is 0.303 e. The highest BCUT2D eigenvalue weighted by Crippen LogP contribution is 2.51. The molecule has 0 saturated heterocycles. The molecule has 0 spiro atoms. The number of aliphatic carboxylic acids is 1. The molecular formula is C11H13NO2S. The van der Waals surface area contributed by atoms with Crippen LogP contribution < -0.4 is 0 Å². The monoisotopic (exact) mass is 223 g/mol. The molecule has 0 aliphatic heterocycles. The van der Waals surface area contributed by atoms with E-state index in [1.807, 2.05) is 12.1 Å². The quantitative estimate of drug-likeness (QED) is 0.779. The summed E-state index contributed by atoms with van der Waals surface area (Å²) in [5, 5.41) is 8.77. The van der Waals surface area contributed by atoms with Gasteiger partial charge in [-0.05, 0) is 30.4 Å². The number of hydrogen-bond acceptors (Lipinski definition) is 3. The van der Waals surface area contributed by atoms with Crippen molar-refractivity contribution in [1.29, 1.82) is 0 Å². The Kier molecular flexibility index (Phi) is 2.95. The highest BCUT2D eigenvalue weighted by atomic mass is 32.2. The van der Waals surface area contributed by atoms with E-state index in [1.165, 1.54) is 4.90 Å². The fraction of sp³-hybridized carbons (Fsp3) is 0.455. The number of nitrogens with zero attached hydrogens (tertiary/aromatic N) is 1. The summed E-state index contributed by atoms with van der Waals surface area (Å²) < 4.78 is 0. The second-order valence-electron chi connectivity index (χ2n) is 4.04. The standard InChI is InChI=1S/C11H13NO2S/c13-10(14)7-11(3-4-11)8-15-9-1-5-12-6-2-9/h1-2,5-6H,3-4,7-8H2,(H,13,14). The van der Waals surface area contributed by atoms with Crippen LogP contribution in [0.3, 0.4) is 0 Å². The van der Waals surface area contributed by atoms with Gasteiger partial charge in [0.15, 0.2) is 0 Å². The lowest BCUT2D eigenvalue weighted by molar-refractivity contribution is -0.138. The zero-order valence-electron chi connectivity index (χ0n) is 8.35. The molecule has 0 aromatic carbocycles. The third kappa shape index (κ3) is 2.96.